The zero-order chi connectivity index (χ0) is 9.11. The molecule has 2 N–H and O–H groups in total. The highest BCUT2D eigenvalue weighted by molar-refractivity contribution is 6.36. The van der Waals surface area contributed by atoms with Crippen LogP contribution in [0.15, 0.2) is 0 Å². The Kier molecular flexibility index (Phi) is 15.8. The van der Waals surface area contributed by atoms with Gasteiger partial charge < -0.3 is 19.0 Å². The summed E-state index contributed by atoms with van der Waals surface area (Å²) in [6.45, 7) is 2.88. The summed E-state index contributed by atoms with van der Waals surface area (Å²) < 4.78 is 14.2. The van der Waals surface area contributed by atoms with E-state index in [2.05, 4.69) is 6.92 Å². The zero-order valence-corrected chi connectivity index (χ0v) is 8.95. The van der Waals surface area contributed by atoms with Crippen LogP contribution in [0.25, 0.3) is 0 Å². The standard InChI is InChI=1S/C3H9N.C3H10O3Si/c1-2-3-4;1-4-7(5-2)6-3/h2-4H2,1H3;7H,1-3H3. The Bertz CT molecular complexity index is 54.3. The average Bonchev–Trinajstić information content (AvgIpc) is 2.08. The predicted molar refractivity (Wildman–Crippen MR) is 47.5 cm³/mol. The Morgan fingerprint density at radius 2 is 1.36 bits per heavy atom. The normalized spacial score (nSPS) is 9.27. The van der Waals surface area contributed by atoms with Crippen molar-refractivity contribution in [1.29, 1.82) is 0 Å². The lowest BCUT2D eigenvalue weighted by atomic mass is 10.5. The third kappa shape index (κ3) is 13.1. The largest absolute Gasteiger partial charge is 0.483 e. The molecule has 11 heavy (non-hydrogen) atoms. The van der Waals surface area contributed by atoms with Crippen molar-refractivity contribution in [3.05, 3.63) is 0 Å². The van der Waals surface area contributed by atoms with E-state index in [1.54, 1.807) is 21.3 Å². The van der Waals surface area contributed by atoms with Crippen molar-refractivity contribution in [3.8, 4) is 0 Å². The molecule has 0 rings (SSSR count). The minimum absolute atomic E-state index is 0.819. The quantitative estimate of drug-likeness (QED) is 0.620. The van der Waals surface area contributed by atoms with Gasteiger partial charge in [0.15, 0.2) is 0 Å². The molecule has 4 nitrogen and oxygen atoms in total. The first-order chi connectivity index (χ1) is 5.26. The summed E-state index contributed by atoms with van der Waals surface area (Å²) in [4.78, 5) is 0. The maximum Gasteiger partial charge on any atom is 0.483 e. The first-order valence-electron chi connectivity index (χ1n) is 3.55. The molecule has 0 atom stereocenters. The molecule has 0 aromatic heterocycles. The molecule has 0 aromatic carbocycles. The van der Waals surface area contributed by atoms with Crippen molar-refractivity contribution < 1.29 is 13.3 Å². The number of rotatable bonds is 4. The summed E-state index contributed by atoms with van der Waals surface area (Å²) in [5, 5.41) is 0. The van der Waals surface area contributed by atoms with Gasteiger partial charge in [-0.15, -0.1) is 0 Å². The molecule has 0 aliphatic carbocycles. The summed E-state index contributed by atoms with van der Waals surface area (Å²) in [6, 6.07) is 0. The van der Waals surface area contributed by atoms with Gasteiger partial charge in [-0.3, -0.25) is 0 Å². The van der Waals surface area contributed by atoms with Crippen LogP contribution in [0.3, 0.4) is 0 Å². The van der Waals surface area contributed by atoms with E-state index in [0.717, 1.165) is 13.0 Å². The van der Waals surface area contributed by atoms with Gasteiger partial charge >= 0.3 is 9.53 Å². The zero-order valence-electron chi connectivity index (χ0n) is 7.79. The average molecular weight is 181 g/mol. The molecule has 0 unspecified atom stereocenters. The third-order valence-electron chi connectivity index (χ3n) is 0.866. The fourth-order valence-corrected chi connectivity index (χ4v) is 0.866. The molecule has 0 radical (unpaired) electrons. The van der Waals surface area contributed by atoms with Crippen LogP contribution in [-0.2, 0) is 13.3 Å². The molecule has 0 aliphatic rings. The molecule has 5 heteroatoms. The van der Waals surface area contributed by atoms with Crippen LogP contribution < -0.4 is 5.73 Å². The van der Waals surface area contributed by atoms with Gasteiger partial charge in [0.25, 0.3) is 0 Å². The van der Waals surface area contributed by atoms with Gasteiger partial charge in [-0.25, -0.2) is 0 Å². The highest BCUT2D eigenvalue weighted by Crippen LogP contribution is 1.81. The van der Waals surface area contributed by atoms with E-state index in [0.29, 0.717) is 0 Å². The summed E-state index contributed by atoms with van der Waals surface area (Å²) in [5.74, 6) is 0. The molecule has 0 fully saturated rings. The van der Waals surface area contributed by atoms with Gasteiger partial charge in [0.05, 0.1) is 0 Å². The van der Waals surface area contributed by atoms with Crippen LogP contribution in [-0.4, -0.2) is 37.4 Å². The van der Waals surface area contributed by atoms with Crippen molar-refractivity contribution in [2.24, 2.45) is 5.73 Å². The third-order valence-corrected chi connectivity index (χ3v) is 2.02. The SMILES string of the molecule is CCCN.CO[SiH](OC)OC. The molecular weight excluding hydrogens is 162 g/mol. The second-order valence-electron chi connectivity index (χ2n) is 1.78. The van der Waals surface area contributed by atoms with Crippen molar-refractivity contribution in [2.75, 3.05) is 27.9 Å². The topological polar surface area (TPSA) is 53.7 Å². The predicted octanol–water partition coefficient (Wildman–Crippen LogP) is -0.00210. The first kappa shape index (κ1) is 13.6. The summed E-state index contributed by atoms with van der Waals surface area (Å²) in [5.41, 5.74) is 5.03. The molecule has 0 aliphatic heterocycles. The molecule has 70 valence electrons. The van der Waals surface area contributed by atoms with Crippen LogP contribution >= 0.6 is 0 Å². The lowest BCUT2D eigenvalue weighted by molar-refractivity contribution is 0.163. The minimum Gasteiger partial charge on any atom is -0.379 e. The molecule has 0 saturated heterocycles. The Morgan fingerprint density at radius 1 is 1.09 bits per heavy atom. The van der Waals surface area contributed by atoms with Crippen LogP contribution in [0, 0.1) is 0 Å². The fourth-order valence-electron chi connectivity index (χ4n) is 0.289. The van der Waals surface area contributed by atoms with E-state index >= 15 is 0 Å². The second-order valence-corrected chi connectivity index (χ2v) is 3.78. The van der Waals surface area contributed by atoms with Crippen molar-refractivity contribution in [1.82, 2.24) is 0 Å². The monoisotopic (exact) mass is 181 g/mol. The number of hydrogen-bond acceptors (Lipinski definition) is 4. The summed E-state index contributed by atoms with van der Waals surface area (Å²) in [7, 11) is 3.05. The molecule has 0 heterocycles. The van der Waals surface area contributed by atoms with Gasteiger partial charge in [0.2, 0.25) is 0 Å². The van der Waals surface area contributed by atoms with Gasteiger partial charge in [-0.1, -0.05) is 6.92 Å². The Balaban J connectivity index is 0. The fraction of sp³-hybridized carbons (Fsp3) is 1.00. The van der Waals surface area contributed by atoms with Crippen LogP contribution in [0.4, 0.5) is 0 Å². The summed E-state index contributed by atoms with van der Waals surface area (Å²) in [6.07, 6.45) is 1.10. The van der Waals surface area contributed by atoms with Crippen molar-refractivity contribution >= 4 is 9.53 Å². The number of nitrogens with two attached hydrogens (primary N) is 1. The Labute approximate surface area is 70.6 Å². The van der Waals surface area contributed by atoms with Gasteiger partial charge in [0.1, 0.15) is 0 Å². The lowest BCUT2D eigenvalue weighted by Gasteiger charge is -2.05. The molecule has 0 aromatic rings. The molecule has 0 bridgehead atoms. The highest BCUT2D eigenvalue weighted by Gasteiger charge is 2.04. The van der Waals surface area contributed by atoms with Gasteiger partial charge in [0, 0.05) is 21.3 Å². The smallest absolute Gasteiger partial charge is 0.379 e. The van der Waals surface area contributed by atoms with Crippen LogP contribution in [0.1, 0.15) is 13.3 Å². The molecule has 0 amide bonds. The first-order valence-corrected chi connectivity index (χ1v) is 4.96. The second kappa shape index (κ2) is 12.7. The van der Waals surface area contributed by atoms with Crippen LogP contribution in [0.2, 0.25) is 0 Å². The van der Waals surface area contributed by atoms with Crippen molar-refractivity contribution in [3.63, 3.8) is 0 Å². The van der Waals surface area contributed by atoms with E-state index in [-0.39, 0.29) is 0 Å². The van der Waals surface area contributed by atoms with Gasteiger partial charge in [-0.2, -0.15) is 0 Å². The maximum atomic E-state index is 5.03. The summed E-state index contributed by atoms with van der Waals surface area (Å²) >= 11 is 0. The number of hydrogen-bond donors (Lipinski definition) is 1. The lowest BCUT2D eigenvalue weighted by Crippen LogP contribution is -2.21. The van der Waals surface area contributed by atoms with Crippen molar-refractivity contribution in [2.45, 2.75) is 13.3 Å². The minimum atomic E-state index is -1.67. The van der Waals surface area contributed by atoms with E-state index in [1.165, 1.54) is 0 Å². The Hall–Kier alpha value is 0.0569. The molecule has 0 spiro atoms. The van der Waals surface area contributed by atoms with Gasteiger partial charge in [-0.05, 0) is 13.0 Å². The molecular formula is C6H19NO3Si. The van der Waals surface area contributed by atoms with E-state index < -0.39 is 9.53 Å². The molecule has 0 saturated carbocycles. The van der Waals surface area contributed by atoms with E-state index in [9.17, 15) is 0 Å². The Morgan fingerprint density at radius 3 is 1.36 bits per heavy atom. The van der Waals surface area contributed by atoms with Crippen LogP contribution in [0.5, 0.6) is 0 Å². The maximum absolute atomic E-state index is 5.03. The highest BCUT2D eigenvalue weighted by atomic mass is 28.3. The van der Waals surface area contributed by atoms with E-state index in [4.69, 9.17) is 19.0 Å². The van der Waals surface area contributed by atoms with E-state index in [1.807, 2.05) is 0 Å².